The molecule has 2 heteroatoms. The number of hydrogen-bond donors (Lipinski definition) is 1. The van der Waals surface area contributed by atoms with E-state index in [9.17, 15) is 0 Å². The van der Waals surface area contributed by atoms with Crippen LogP contribution in [0.5, 0.6) is 0 Å². The second kappa shape index (κ2) is 31.7. The fourth-order valence-electron chi connectivity index (χ4n) is 5.63. The van der Waals surface area contributed by atoms with Crippen molar-refractivity contribution >= 4 is 15.9 Å². The second-order valence-electron chi connectivity index (χ2n) is 11.9. The van der Waals surface area contributed by atoms with Gasteiger partial charge in [-0.15, -0.1) is 0 Å². The van der Waals surface area contributed by atoms with E-state index >= 15 is 0 Å². The molecule has 1 nitrogen and oxygen atoms in total. The van der Waals surface area contributed by atoms with E-state index in [1.54, 1.807) is 0 Å². The molecule has 0 aromatic rings. The molecule has 0 saturated carbocycles. The molecule has 0 aliphatic heterocycles. The molecule has 0 amide bonds. The van der Waals surface area contributed by atoms with E-state index < -0.39 is 0 Å². The highest BCUT2D eigenvalue weighted by Crippen LogP contribution is 2.37. The minimum Gasteiger partial charge on any atom is -0.344 e. The maximum absolute atomic E-state index is 4.32. The highest BCUT2D eigenvalue weighted by atomic mass is 79.9. The van der Waals surface area contributed by atoms with Crippen molar-refractivity contribution in [1.82, 2.24) is 6.15 Å². The Kier molecular flexibility index (Phi) is 33.9. The lowest BCUT2D eigenvalue weighted by Gasteiger charge is -2.28. The molecular weight excluding hydrogens is 502 g/mol. The van der Waals surface area contributed by atoms with Crippen LogP contribution in [0.2, 0.25) is 0 Å². The Morgan fingerprint density at radius 3 is 0.667 bits per heavy atom. The third-order valence-electron chi connectivity index (χ3n) is 8.19. The van der Waals surface area contributed by atoms with Crippen LogP contribution in [0.15, 0.2) is 0 Å². The van der Waals surface area contributed by atoms with Crippen molar-refractivity contribution in [1.29, 1.82) is 0 Å². The van der Waals surface area contributed by atoms with Gasteiger partial charge in [-0.2, -0.15) is 0 Å². The number of hydrogen-bond acceptors (Lipinski definition) is 1. The third kappa shape index (κ3) is 29.0. The average Bonchev–Trinajstić information content (AvgIpc) is 2.86. The van der Waals surface area contributed by atoms with Gasteiger partial charge in [-0.25, -0.2) is 0 Å². The SMILES string of the molecule is CCCCCCCCCCCC(Br)(CCCCCCCCCCC)CCCCCCCCCCC.N. The predicted octanol–water partition coefficient (Wildman–Crippen LogP) is 14.0. The molecule has 0 radical (unpaired) electrons. The highest BCUT2D eigenvalue weighted by molar-refractivity contribution is 9.10. The Morgan fingerprint density at radius 1 is 0.306 bits per heavy atom. The Morgan fingerprint density at radius 2 is 0.472 bits per heavy atom. The fraction of sp³-hybridized carbons (Fsp3) is 1.00. The molecule has 0 heterocycles. The Bertz CT molecular complexity index is 328. The van der Waals surface area contributed by atoms with E-state index in [0.717, 1.165) is 0 Å². The summed E-state index contributed by atoms with van der Waals surface area (Å²) >= 11 is 4.32. The first-order chi connectivity index (χ1) is 17.2. The van der Waals surface area contributed by atoms with Gasteiger partial charge in [0.25, 0.3) is 0 Å². The Hall–Kier alpha value is 0.440. The summed E-state index contributed by atoms with van der Waals surface area (Å²) in [4.78, 5) is 0. The van der Waals surface area contributed by atoms with Gasteiger partial charge in [0.1, 0.15) is 0 Å². The molecule has 0 saturated heterocycles. The van der Waals surface area contributed by atoms with Crippen LogP contribution in [0.1, 0.15) is 213 Å². The van der Waals surface area contributed by atoms with Gasteiger partial charge >= 0.3 is 0 Å². The quantitative estimate of drug-likeness (QED) is 0.0672. The van der Waals surface area contributed by atoms with Crippen LogP contribution in [-0.4, -0.2) is 4.32 Å². The molecule has 0 aromatic heterocycles. The minimum atomic E-state index is 0. The van der Waals surface area contributed by atoms with Crippen molar-refractivity contribution in [2.24, 2.45) is 0 Å². The topological polar surface area (TPSA) is 35.0 Å². The molecule has 0 fully saturated rings. The van der Waals surface area contributed by atoms with Crippen LogP contribution >= 0.6 is 15.9 Å². The maximum Gasteiger partial charge on any atom is 0.0258 e. The van der Waals surface area contributed by atoms with Gasteiger partial charge in [-0.1, -0.05) is 210 Å². The molecule has 0 spiro atoms. The molecule has 0 rings (SSSR count). The zero-order valence-electron chi connectivity index (χ0n) is 25.8. The molecule has 0 bridgehead atoms. The third-order valence-corrected chi connectivity index (χ3v) is 9.37. The lowest BCUT2D eigenvalue weighted by molar-refractivity contribution is 0.409. The van der Waals surface area contributed by atoms with Gasteiger partial charge in [-0.05, 0) is 19.3 Å². The molecule has 0 aliphatic rings. The zero-order chi connectivity index (χ0) is 25.7. The first kappa shape index (κ1) is 38.6. The van der Waals surface area contributed by atoms with Gasteiger partial charge in [0, 0.05) is 4.32 Å². The van der Waals surface area contributed by atoms with Crippen molar-refractivity contribution in [3.05, 3.63) is 0 Å². The van der Waals surface area contributed by atoms with Crippen LogP contribution in [0, 0.1) is 0 Å². The molecule has 220 valence electrons. The van der Waals surface area contributed by atoms with Crippen molar-refractivity contribution in [3.63, 3.8) is 0 Å². The summed E-state index contributed by atoms with van der Waals surface area (Å²) in [5.41, 5.74) is 0. The predicted molar refractivity (Wildman–Crippen MR) is 172 cm³/mol. The van der Waals surface area contributed by atoms with Gasteiger partial charge in [0.15, 0.2) is 0 Å². The molecule has 3 N–H and O–H groups in total. The van der Waals surface area contributed by atoms with E-state index in [1.165, 1.54) is 193 Å². The normalized spacial score (nSPS) is 11.7. The van der Waals surface area contributed by atoms with Crippen LogP contribution < -0.4 is 6.15 Å². The fourth-order valence-corrected chi connectivity index (χ4v) is 6.47. The number of rotatable bonds is 30. The summed E-state index contributed by atoms with van der Waals surface area (Å²) in [6, 6.07) is 0. The summed E-state index contributed by atoms with van der Waals surface area (Å²) in [6.45, 7) is 6.95. The standard InChI is InChI=1S/C34H69Br.H3N/c1-4-7-10-13-16-19-22-25-28-31-34(35,32-29-26-23-20-17-14-11-8-5-2)33-30-27-24-21-18-15-12-9-6-3;/h4-33H2,1-3H3;1H3. The van der Waals surface area contributed by atoms with Gasteiger partial charge in [0.2, 0.25) is 0 Å². The molecule has 0 aromatic carbocycles. The van der Waals surface area contributed by atoms with E-state index in [0.29, 0.717) is 4.32 Å². The smallest absolute Gasteiger partial charge is 0.0258 e. The largest absolute Gasteiger partial charge is 0.344 e. The van der Waals surface area contributed by atoms with Gasteiger partial charge < -0.3 is 6.15 Å². The molecule has 36 heavy (non-hydrogen) atoms. The maximum atomic E-state index is 4.32. The zero-order valence-corrected chi connectivity index (χ0v) is 27.4. The van der Waals surface area contributed by atoms with Crippen molar-refractivity contribution in [3.8, 4) is 0 Å². The second-order valence-corrected chi connectivity index (χ2v) is 13.6. The van der Waals surface area contributed by atoms with E-state index in [2.05, 4.69) is 36.7 Å². The molecule has 0 unspecified atom stereocenters. The molecule has 0 atom stereocenters. The van der Waals surface area contributed by atoms with Crippen LogP contribution in [0.3, 0.4) is 0 Å². The Labute approximate surface area is 239 Å². The number of alkyl halides is 1. The number of halogens is 1. The average molecular weight is 575 g/mol. The Balaban J connectivity index is 0. The molecule has 0 aliphatic carbocycles. The lowest BCUT2D eigenvalue weighted by atomic mass is 9.89. The minimum absolute atomic E-state index is 0. The highest BCUT2D eigenvalue weighted by Gasteiger charge is 2.25. The van der Waals surface area contributed by atoms with Crippen LogP contribution in [-0.2, 0) is 0 Å². The van der Waals surface area contributed by atoms with E-state index in [-0.39, 0.29) is 6.15 Å². The summed E-state index contributed by atoms with van der Waals surface area (Å²) in [6.07, 6.45) is 43.3. The lowest BCUT2D eigenvalue weighted by Crippen LogP contribution is -2.21. The van der Waals surface area contributed by atoms with Crippen molar-refractivity contribution in [2.75, 3.05) is 0 Å². The summed E-state index contributed by atoms with van der Waals surface area (Å²) in [5.74, 6) is 0. The van der Waals surface area contributed by atoms with Crippen LogP contribution in [0.4, 0.5) is 0 Å². The monoisotopic (exact) mass is 573 g/mol. The molecular formula is C34H72BrN. The summed E-state index contributed by atoms with van der Waals surface area (Å²) < 4.78 is 0.441. The number of unbranched alkanes of at least 4 members (excludes halogenated alkanes) is 24. The van der Waals surface area contributed by atoms with Crippen molar-refractivity contribution in [2.45, 2.75) is 218 Å². The summed E-state index contributed by atoms with van der Waals surface area (Å²) in [5, 5.41) is 0. The first-order valence-electron chi connectivity index (χ1n) is 16.9. The van der Waals surface area contributed by atoms with Gasteiger partial charge in [-0.3, -0.25) is 0 Å². The van der Waals surface area contributed by atoms with E-state index in [4.69, 9.17) is 0 Å². The van der Waals surface area contributed by atoms with Crippen molar-refractivity contribution < 1.29 is 0 Å². The summed E-state index contributed by atoms with van der Waals surface area (Å²) in [7, 11) is 0. The first-order valence-corrected chi connectivity index (χ1v) is 17.7. The van der Waals surface area contributed by atoms with Crippen LogP contribution in [0.25, 0.3) is 0 Å². The van der Waals surface area contributed by atoms with Gasteiger partial charge in [0.05, 0.1) is 0 Å². The van der Waals surface area contributed by atoms with E-state index in [1.807, 2.05) is 0 Å².